The van der Waals surface area contributed by atoms with Gasteiger partial charge < -0.3 is 5.32 Å². The number of fused-ring (bicyclic) bond motifs is 1. The number of rotatable bonds is 3. The second-order valence-electron chi connectivity index (χ2n) is 5.02. The predicted molar refractivity (Wildman–Crippen MR) is 77.0 cm³/mol. The minimum atomic E-state index is -0.378. The Morgan fingerprint density at radius 3 is 2.86 bits per heavy atom. The summed E-state index contributed by atoms with van der Waals surface area (Å²) in [7, 11) is 0. The zero-order valence-electron chi connectivity index (χ0n) is 12.0. The summed E-state index contributed by atoms with van der Waals surface area (Å²) in [5, 5.41) is 14.3. The van der Waals surface area contributed by atoms with Crippen molar-refractivity contribution in [2.45, 2.75) is 26.8 Å². The van der Waals surface area contributed by atoms with Gasteiger partial charge in [-0.15, -0.1) is 5.10 Å². The topological polar surface area (TPSA) is 101 Å². The van der Waals surface area contributed by atoms with Crippen molar-refractivity contribution in [2.75, 3.05) is 5.32 Å². The highest BCUT2D eigenvalue weighted by Crippen LogP contribution is 2.19. The van der Waals surface area contributed by atoms with E-state index in [0.29, 0.717) is 11.5 Å². The molecule has 0 saturated heterocycles. The average molecular weight is 285 g/mol. The lowest BCUT2D eigenvalue weighted by molar-refractivity contribution is 0.101. The molecule has 0 aliphatic carbocycles. The second kappa shape index (κ2) is 4.97. The lowest BCUT2D eigenvalue weighted by atomic mass is 10.3. The number of aryl methyl sites for hydroxylation is 1. The summed E-state index contributed by atoms with van der Waals surface area (Å²) >= 11 is 0. The number of nitrogens with zero attached hydrogens (tertiary/aromatic N) is 5. The summed E-state index contributed by atoms with van der Waals surface area (Å²) in [6, 6.07) is 2.05. The monoisotopic (exact) mass is 285 g/mol. The third kappa shape index (κ3) is 2.47. The van der Waals surface area contributed by atoms with E-state index in [-0.39, 0.29) is 17.8 Å². The molecule has 108 valence electrons. The Morgan fingerprint density at radius 2 is 2.19 bits per heavy atom. The number of aromatic amines is 1. The molecule has 0 fully saturated rings. The maximum Gasteiger partial charge on any atom is 0.295 e. The van der Waals surface area contributed by atoms with Gasteiger partial charge in [0.25, 0.3) is 5.91 Å². The third-order valence-electron chi connectivity index (χ3n) is 2.98. The molecule has 8 nitrogen and oxygen atoms in total. The number of amides is 1. The number of aromatic nitrogens is 6. The molecule has 8 heteroatoms. The summed E-state index contributed by atoms with van der Waals surface area (Å²) in [5.74, 6) is 0.314. The molecule has 0 aliphatic rings. The molecule has 0 unspecified atom stereocenters. The van der Waals surface area contributed by atoms with Crippen LogP contribution < -0.4 is 5.32 Å². The second-order valence-corrected chi connectivity index (χ2v) is 5.02. The van der Waals surface area contributed by atoms with E-state index < -0.39 is 0 Å². The van der Waals surface area contributed by atoms with Crippen LogP contribution in [0.15, 0.2) is 18.5 Å². The van der Waals surface area contributed by atoms with E-state index >= 15 is 0 Å². The van der Waals surface area contributed by atoms with Gasteiger partial charge in [0.2, 0.25) is 5.82 Å². The number of pyridine rings is 1. The summed E-state index contributed by atoms with van der Waals surface area (Å²) in [6.07, 6.45) is 3.33. The Labute approximate surface area is 120 Å². The summed E-state index contributed by atoms with van der Waals surface area (Å²) in [4.78, 5) is 20.3. The van der Waals surface area contributed by atoms with Crippen molar-refractivity contribution in [3.63, 3.8) is 0 Å². The Morgan fingerprint density at radius 1 is 1.38 bits per heavy atom. The van der Waals surface area contributed by atoms with Crippen molar-refractivity contribution < 1.29 is 4.79 Å². The Kier molecular flexibility index (Phi) is 3.13. The number of hydrogen-bond acceptors (Lipinski definition) is 5. The molecule has 0 atom stereocenters. The first kappa shape index (κ1) is 13.2. The highest BCUT2D eigenvalue weighted by Gasteiger charge is 2.13. The zero-order valence-corrected chi connectivity index (χ0v) is 12.0. The molecule has 3 aromatic heterocycles. The molecule has 2 N–H and O–H groups in total. The van der Waals surface area contributed by atoms with Gasteiger partial charge in [0.05, 0.1) is 18.1 Å². The molecule has 3 rings (SSSR count). The van der Waals surface area contributed by atoms with Crippen LogP contribution in [0.2, 0.25) is 0 Å². The first-order chi connectivity index (χ1) is 10.0. The van der Waals surface area contributed by atoms with Crippen LogP contribution in [0.3, 0.4) is 0 Å². The molecular formula is C13H15N7O. The minimum absolute atomic E-state index is 0.102. The maximum atomic E-state index is 12.0. The van der Waals surface area contributed by atoms with E-state index in [1.165, 1.54) is 0 Å². The van der Waals surface area contributed by atoms with E-state index in [9.17, 15) is 4.79 Å². The standard InChI is InChI=1S/C13H15N7O/c1-7(2)20-12-9(5-15-20)4-10(6-14-12)17-13(21)11-16-8(3)18-19-11/h4-7H,1-3H3,(H,17,21)(H,16,18,19). The van der Waals surface area contributed by atoms with Crippen LogP contribution in [0.5, 0.6) is 0 Å². The van der Waals surface area contributed by atoms with Gasteiger partial charge in [-0.05, 0) is 26.8 Å². The molecule has 1 amide bonds. The first-order valence-electron chi connectivity index (χ1n) is 6.58. The smallest absolute Gasteiger partial charge is 0.295 e. The lowest BCUT2D eigenvalue weighted by Crippen LogP contribution is -2.14. The number of anilines is 1. The van der Waals surface area contributed by atoms with Crippen LogP contribution in [0, 0.1) is 6.92 Å². The molecule has 0 radical (unpaired) electrons. The summed E-state index contributed by atoms with van der Waals surface area (Å²) in [5.41, 5.74) is 1.37. The van der Waals surface area contributed by atoms with E-state index in [0.717, 1.165) is 11.0 Å². The van der Waals surface area contributed by atoms with Crippen LogP contribution in [-0.2, 0) is 0 Å². The van der Waals surface area contributed by atoms with Gasteiger partial charge in [-0.1, -0.05) is 0 Å². The first-order valence-corrected chi connectivity index (χ1v) is 6.58. The van der Waals surface area contributed by atoms with Crippen molar-refractivity contribution in [3.8, 4) is 0 Å². The SMILES string of the molecule is Cc1nc(C(=O)Nc2cnc3c(cnn3C(C)C)c2)n[nH]1. The Balaban J connectivity index is 1.86. The minimum Gasteiger partial charge on any atom is -0.318 e. The Hall–Kier alpha value is -2.77. The largest absolute Gasteiger partial charge is 0.318 e. The van der Waals surface area contributed by atoms with E-state index in [4.69, 9.17) is 0 Å². The van der Waals surface area contributed by atoms with Crippen molar-refractivity contribution >= 4 is 22.6 Å². The molecule has 0 spiro atoms. The predicted octanol–water partition coefficient (Wildman–Crippen LogP) is 1.69. The van der Waals surface area contributed by atoms with Crippen LogP contribution in [-0.4, -0.2) is 35.9 Å². The maximum absolute atomic E-state index is 12.0. The van der Waals surface area contributed by atoms with Gasteiger partial charge in [0.15, 0.2) is 5.65 Å². The number of H-pyrrole nitrogens is 1. The van der Waals surface area contributed by atoms with Gasteiger partial charge in [-0.3, -0.25) is 9.89 Å². The molecule has 21 heavy (non-hydrogen) atoms. The van der Waals surface area contributed by atoms with Crippen LogP contribution in [0.1, 0.15) is 36.3 Å². The molecule has 0 bridgehead atoms. The highest BCUT2D eigenvalue weighted by molar-refractivity contribution is 6.02. The summed E-state index contributed by atoms with van der Waals surface area (Å²) in [6.45, 7) is 5.81. The summed E-state index contributed by atoms with van der Waals surface area (Å²) < 4.78 is 1.83. The van der Waals surface area contributed by atoms with E-state index in [1.54, 1.807) is 19.3 Å². The number of carbonyl (C=O) groups excluding carboxylic acids is 1. The Bertz CT molecular complexity index is 802. The van der Waals surface area contributed by atoms with Gasteiger partial charge in [-0.25, -0.2) is 14.6 Å². The fourth-order valence-corrected chi connectivity index (χ4v) is 2.02. The van der Waals surface area contributed by atoms with Gasteiger partial charge in [0, 0.05) is 11.4 Å². The number of carbonyl (C=O) groups is 1. The van der Waals surface area contributed by atoms with Crippen LogP contribution >= 0.6 is 0 Å². The fourth-order valence-electron chi connectivity index (χ4n) is 2.02. The quantitative estimate of drug-likeness (QED) is 0.762. The zero-order chi connectivity index (χ0) is 15.0. The molecule has 0 aromatic carbocycles. The normalized spacial score (nSPS) is 11.2. The van der Waals surface area contributed by atoms with Crippen molar-refractivity contribution in [1.82, 2.24) is 29.9 Å². The van der Waals surface area contributed by atoms with Crippen molar-refractivity contribution in [1.29, 1.82) is 0 Å². The molecule has 3 aromatic rings. The van der Waals surface area contributed by atoms with Crippen LogP contribution in [0.25, 0.3) is 11.0 Å². The molecule has 0 saturated carbocycles. The van der Waals surface area contributed by atoms with Gasteiger partial charge in [0.1, 0.15) is 5.82 Å². The van der Waals surface area contributed by atoms with Crippen molar-refractivity contribution in [2.24, 2.45) is 0 Å². The number of nitrogens with one attached hydrogen (secondary N) is 2. The lowest BCUT2D eigenvalue weighted by Gasteiger charge is -2.06. The van der Waals surface area contributed by atoms with E-state index in [1.807, 2.05) is 24.6 Å². The molecular weight excluding hydrogens is 270 g/mol. The third-order valence-corrected chi connectivity index (χ3v) is 2.98. The molecule has 0 aliphatic heterocycles. The molecule has 3 heterocycles. The van der Waals surface area contributed by atoms with Gasteiger partial charge in [-0.2, -0.15) is 5.10 Å². The van der Waals surface area contributed by atoms with Gasteiger partial charge >= 0.3 is 0 Å². The fraction of sp³-hybridized carbons (Fsp3) is 0.308. The number of hydrogen-bond donors (Lipinski definition) is 2. The highest BCUT2D eigenvalue weighted by atomic mass is 16.2. The van der Waals surface area contributed by atoms with Crippen molar-refractivity contribution in [3.05, 3.63) is 30.1 Å². The average Bonchev–Trinajstić information content (AvgIpc) is 3.04. The van der Waals surface area contributed by atoms with Crippen LogP contribution in [0.4, 0.5) is 5.69 Å². The van der Waals surface area contributed by atoms with E-state index in [2.05, 4.69) is 30.6 Å².